The van der Waals surface area contributed by atoms with Crippen molar-refractivity contribution in [3.05, 3.63) is 24.0 Å². The molecule has 0 unspecified atom stereocenters. The molecule has 0 aromatic carbocycles. The van der Waals surface area contributed by atoms with Crippen LogP contribution < -0.4 is 10.5 Å². The second kappa shape index (κ2) is 8.40. The Balaban J connectivity index is 2.25. The molecule has 0 aliphatic carbocycles. The third-order valence-electron chi connectivity index (χ3n) is 2.02. The summed E-state index contributed by atoms with van der Waals surface area (Å²) in [6.07, 6.45) is -0.859. The summed E-state index contributed by atoms with van der Waals surface area (Å²) < 4.78 is 45.2. The van der Waals surface area contributed by atoms with Crippen LogP contribution in [0, 0.1) is 11.8 Å². The number of alkyl halides is 3. The van der Waals surface area contributed by atoms with Crippen LogP contribution in [-0.4, -0.2) is 37.5 Å². The molecule has 2 N–H and O–H groups in total. The number of nitrogens with two attached hydrogens (primary N) is 1. The second-order valence-electron chi connectivity index (χ2n) is 3.78. The Morgan fingerprint density at radius 2 is 2.05 bits per heavy atom. The molecule has 110 valence electrons. The molecule has 0 saturated carbocycles. The van der Waals surface area contributed by atoms with E-state index in [-0.39, 0.29) is 19.8 Å². The average Bonchev–Trinajstić information content (AvgIpc) is 2.40. The second-order valence-corrected chi connectivity index (χ2v) is 3.78. The van der Waals surface area contributed by atoms with Crippen LogP contribution >= 0.6 is 0 Å². The van der Waals surface area contributed by atoms with E-state index in [1.807, 2.05) is 0 Å². The first kappa shape index (κ1) is 16.3. The number of aromatic nitrogens is 1. The summed E-state index contributed by atoms with van der Waals surface area (Å²) in [6.45, 7) is -0.757. The minimum absolute atomic E-state index is 0.0143. The molecule has 1 rings (SSSR count). The predicted molar refractivity (Wildman–Crippen MR) is 67.2 cm³/mol. The van der Waals surface area contributed by atoms with Crippen molar-refractivity contribution in [2.75, 3.05) is 26.4 Å². The van der Waals surface area contributed by atoms with Crippen LogP contribution in [0.1, 0.15) is 12.0 Å². The Bertz CT molecular complexity index is 467. The maximum Gasteiger partial charge on any atom is 0.411 e. The number of hydrogen-bond acceptors (Lipinski definition) is 4. The summed E-state index contributed by atoms with van der Waals surface area (Å²) in [5, 5.41) is 0. The monoisotopic (exact) mass is 288 g/mol. The van der Waals surface area contributed by atoms with Crippen LogP contribution in [0.2, 0.25) is 0 Å². The molecule has 1 aromatic heterocycles. The van der Waals surface area contributed by atoms with Gasteiger partial charge in [-0.1, -0.05) is 11.8 Å². The molecule has 0 spiro atoms. The highest BCUT2D eigenvalue weighted by atomic mass is 19.4. The molecule has 1 aromatic rings. The van der Waals surface area contributed by atoms with Crippen molar-refractivity contribution in [2.45, 2.75) is 12.6 Å². The number of pyridine rings is 1. The van der Waals surface area contributed by atoms with Gasteiger partial charge in [0.1, 0.15) is 12.4 Å². The zero-order chi connectivity index (χ0) is 14.8. The highest BCUT2D eigenvalue weighted by Crippen LogP contribution is 2.14. The molecule has 7 heteroatoms. The Morgan fingerprint density at radius 1 is 1.25 bits per heavy atom. The summed E-state index contributed by atoms with van der Waals surface area (Å²) in [5.74, 6) is 5.99. The molecule has 0 fully saturated rings. The highest BCUT2D eigenvalue weighted by Gasteiger charge is 2.27. The first-order valence-corrected chi connectivity index (χ1v) is 5.92. The van der Waals surface area contributed by atoms with Crippen LogP contribution in [0.4, 0.5) is 13.2 Å². The van der Waals surface area contributed by atoms with Gasteiger partial charge in [-0.3, -0.25) is 4.98 Å². The van der Waals surface area contributed by atoms with Crippen LogP contribution in [0.25, 0.3) is 0 Å². The normalized spacial score (nSPS) is 10.8. The molecule has 0 radical (unpaired) electrons. The van der Waals surface area contributed by atoms with Gasteiger partial charge in [-0.05, 0) is 6.07 Å². The summed E-state index contributed by atoms with van der Waals surface area (Å²) in [7, 11) is 0. The number of nitrogens with zero attached hydrogens (tertiary/aromatic N) is 1. The number of ether oxygens (including phenoxy) is 2. The molecule has 0 bridgehead atoms. The number of rotatable bonds is 6. The summed E-state index contributed by atoms with van der Waals surface area (Å²) in [5.41, 5.74) is 5.92. The quantitative estimate of drug-likeness (QED) is 0.640. The largest absolute Gasteiger partial charge is 0.492 e. The minimum atomic E-state index is -4.29. The number of halogens is 3. The van der Waals surface area contributed by atoms with Gasteiger partial charge in [0.2, 0.25) is 0 Å². The molecular weight excluding hydrogens is 273 g/mol. The molecule has 4 nitrogen and oxygen atoms in total. The van der Waals surface area contributed by atoms with E-state index < -0.39 is 12.8 Å². The fraction of sp³-hybridized carbons (Fsp3) is 0.462. The van der Waals surface area contributed by atoms with Gasteiger partial charge in [-0.25, -0.2) is 0 Å². The average molecular weight is 288 g/mol. The maximum atomic E-state index is 11.8. The van der Waals surface area contributed by atoms with E-state index in [1.54, 1.807) is 12.3 Å². The van der Waals surface area contributed by atoms with Crippen LogP contribution in [0.3, 0.4) is 0 Å². The van der Waals surface area contributed by atoms with E-state index in [4.69, 9.17) is 10.5 Å². The van der Waals surface area contributed by atoms with Crippen molar-refractivity contribution < 1.29 is 22.6 Å². The lowest BCUT2D eigenvalue weighted by atomic mass is 10.3. The molecule has 1 heterocycles. The van der Waals surface area contributed by atoms with Gasteiger partial charge < -0.3 is 15.2 Å². The van der Waals surface area contributed by atoms with Gasteiger partial charge in [0.25, 0.3) is 0 Å². The third kappa shape index (κ3) is 7.61. The van der Waals surface area contributed by atoms with Crippen molar-refractivity contribution in [1.29, 1.82) is 0 Å². The molecule has 20 heavy (non-hydrogen) atoms. The van der Waals surface area contributed by atoms with E-state index in [0.29, 0.717) is 17.7 Å². The lowest BCUT2D eigenvalue weighted by Gasteiger charge is -2.08. The lowest BCUT2D eigenvalue weighted by molar-refractivity contribution is -0.174. The van der Waals surface area contributed by atoms with Gasteiger partial charge in [0.15, 0.2) is 0 Å². The summed E-state index contributed by atoms with van der Waals surface area (Å²) in [6, 6.07) is 1.69. The summed E-state index contributed by atoms with van der Waals surface area (Å²) in [4.78, 5) is 3.94. The van der Waals surface area contributed by atoms with Crippen LogP contribution in [0.5, 0.6) is 5.75 Å². The van der Waals surface area contributed by atoms with Crippen molar-refractivity contribution >= 4 is 0 Å². The Labute approximate surface area is 115 Å². The fourth-order valence-corrected chi connectivity index (χ4v) is 1.26. The van der Waals surface area contributed by atoms with Crippen molar-refractivity contribution in [3.8, 4) is 17.6 Å². The Hall–Kier alpha value is -1.78. The van der Waals surface area contributed by atoms with E-state index in [9.17, 15) is 13.2 Å². The van der Waals surface area contributed by atoms with Gasteiger partial charge in [0, 0.05) is 18.2 Å². The van der Waals surface area contributed by atoms with Gasteiger partial charge in [-0.2, -0.15) is 13.2 Å². The highest BCUT2D eigenvalue weighted by molar-refractivity contribution is 5.36. The van der Waals surface area contributed by atoms with Crippen molar-refractivity contribution in [3.63, 3.8) is 0 Å². The van der Waals surface area contributed by atoms with E-state index in [1.165, 1.54) is 6.20 Å². The van der Waals surface area contributed by atoms with E-state index in [2.05, 4.69) is 21.6 Å². The number of hydrogen-bond donors (Lipinski definition) is 1. The Morgan fingerprint density at radius 3 is 2.75 bits per heavy atom. The molecular formula is C13H15F3N2O2. The van der Waals surface area contributed by atoms with Crippen molar-refractivity contribution in [1.82, 2.24) is 4.98 Å². The van der Waals surface area contributed by atoms with Gasteiger partial charge >= 0.3 is 6.18 Å². The predicted octanol–water partition coefficient (Wildman–Crippen LogP) is 1.74. The minimum Gasteiger partial charge on any atom is -0.492 e. The fourth-order valence-electron chi connectivity index (χ4n) is 1.26. The van der Waals surface area contributed by atoms with Gasteiger partial charge in [-0.15, -0.1) is 0 Å². The smallest absolute Gasteiger partial charge is 0.411 e. The molecule has 0 amide bonds. The van der Waals surface area contributed by atoms with Gasteiger partial charge in [0.05, 0.1) is 26.0 Å². The standard InChI is InChI=1S/C13H15F3N2O2/c14-13(15,16)10-19-5-2-6-20-12-7-11(3-1-4-17)8-18-9-12/h7-9H,2,4-6,10,17H2. The zero-order valence-corrected chi connectivity index (χ0v) is 10.7. The molecule has 0 aliphatic heterocycles. The lowest BCUT2D eigenvalue weighted by Crippen LogP contribution is -2.18. The molecule has 0 aliphatic rings. The van der Waals surface area contributed by atoms with E-state index in [0.717, 1.165) is 0 Å². The molecule has 0 atom stereocenters. The first-order valence-electron chi connectivity index (χ1n) is 5.92. The first-order chi connectivity index (χ1) is 9.51. The zero-order valence-electron chi connectivity index (χ0n) is 10.7. The molecule has 0 saturated heterocycles. The van der Waals surface area contributed by atoms with E-state index >= 15 is 0 Å². The van der Waals surface area contributed by atoms with Crippen LogP contribution in [-0.2, 0) is 4.74 Å². The SMILES string of the molecule is NCC#Cc1cncc(OCCCOCC(F)(F)F)c1. The van der Waals surface area contributed by atoms with Crippen LogP contribution in [0.15, 0.2) is 18.5 Å². The Kier molecular flexibility index (Phi) is 6.84. The summed E-state index contributed by atoms with van der Waals surface area (Å²) >= 11 is 0. The topological polar surface area (TPSA) is 57.4 Å². The maximum absolute atomic E-state index is 11.8. The van der Waals surface area contributed by atoms with Crippen molar-refractivity contribution in [2.24, 2.45) is 5.73 Å². The third-order valence-corrected chi connectivity index (χ3v) is 2.02.